The van der Waals surface area contributed by atoms with Crippen molar-refractivity contribution >= 4 is 29.9 Å². The van der Waals surface area contributed by atoms with E-state index in [1.807, 2.05) is 31.2 Å². The highest BCUT2D eigenvalue weighted by Gasteiger charge is 2.21. The fourth-order valence-corrected chi connectivity index (χ4v) is 3.19. The Labute approximate surface area is 189 Å². The summed E-state index contributed by atoms with van der Waals surface area (Å²) in [5.41, 5.74) is 3.97. The van der Waals surface area contributed by atoms with Gasteiger partial charge in [0.1, 0.15) is 17.6 Å². The summed E-state index contributed by atoms with van der Waals surface area (Å²) in [4.78, 5) is 4.28. The van der Waals surface area contributed by atoms with Crippen LogP contribution in [-0.4, -0.2) is 25.7 Å². The molecule has 1 aliphatic rings. The zero-order valence-corrected chi connectivity index (χ0v) is 19.3. The zero-order valence-electron chi connectivity index (χ0n) is 17.0. The number of nitrogens with zero attached hydrogens (tertiary/aromatic N) is 2. The van der Waals surface area contributed by atoms with Gasteiger partial charge in [-0.15, -0.1) is 24.0 Å². The van der Waals surface area contributed by atoms with Crippen molar-refractivity contribution in [2.45, 2.75) is 39.5 Å². The maximum atomic E-state index is 8.88. The lowest BCUT2D eigenvalue weighted by atomic mass is 10.1. The molecule has 1 unspecified atom stereocenters. The molecule has 0 radical (unpaired) electrons. The molecule has 0 bridgehead atoms. The van der Waals surface area contributed by atoms with E-state index in [1.54, 1.807) is 7.05 Å². The molecule has 0 saturated carbocycles. The minimum Gasteiger partial charge on any atom is -0.494 e. The molecule has 1 atom stereocenters. The lowest BCUT2D eigenvalue weighted by Crippen LogP contribution is -2.36. The molecule has 3 rings (SSSR count). The van der Waals surface area contributed by atoms with E-state index in [0.717, 1.165) is 29.0 Å². The summed E-state index contributed by atoms with van der Waals surface area (Å²) >= 11 is 0. The van der Waals surface area contributed by atoms with E-state index in [2.05, 4.69) is 40.8 Å². The number of ether oxygens (including phenoxy) is 2. The van der Waals surface area contributed by atoms with Gasteiger partial charge in [0.2, 0.25) is 0 Å². The number of hydrogen-bond acceptors (Lipinski definition) is 4. The van der Waals surface area contributed by atoms with Gasteiger partial charge in [0.15, 0.2) is 5.96 Å². The van der Waals surface area contributed by atoms with Gasteiger partial charge in [-0.2, -0.15) is 5.26 Å². The summed E-state index contributed by atoms with van der Waals surface area (Å²) in [5, 5.41) is 15.5. The second kappa shape index (κ2) is 10.9. The Hall–Kier alpha value is -2.47. The van der Waals surface area contributed by atoms with Crippen LogP contribution in [0.2, 0.25) is 0 Å². The van der Waals surface area contributed by atoms with Gasteiger partial charge in [0.25, 0.3) is 0 Å². The van der Waals surface area contributed by atoms with E-state index in [9.17, 15) is 0 Å². The Morgan fingerprint density at radius 2 is 1.97 bits per heavy atom. The normalized spacial score (nSPS) is 14.8. The minimum atomic E-state index is 0. The number of rotatable bonds is 6. The molecular weight excluding hydrogens is 479 g/mol. The third-order valence-corrected chi connectivity index (χ3v) is 4.59. The summed E-state index contributed by atoms with van der Waals surface area (Å²) in [6.45, 7) is 5.88. The van der Waals surface area contributed by atoms with Crippen molar-refractivity contribution in [2.75, 3.05) is 13.7 Å². The third-order valence-electron chi connectivity index (χ3n) is 4.59. The van der Waals surface area contributed by atoms with Crippen LogP contribution in [0.25, 0.3) is 0 Å². The molecule has 154 valence electrons. The van der Waals surface area contributed by atoms with Crippen LogP contribution in [0.1, 0.15) is 36.1 Å². The number of benzene rings is 2. The average molecular weight is 506 g/mol. The van der Waals surface area contributed by atoms with Gasteiger partial charge in [-0.3, -0.25) is 4.99 Å². The topological polar surface area (TPSA) is 78.7 Å². The molecular formula is C22H27IN4O2. The van der Waals surface area contributed by atoms with E-state index in [-0.39, 0.29) is 30.1 Å². The average Bonchev–Trinajstić information content (AvgIpc) is 3.07. The van der Waals surface area contributed by atoms with Crippen LogP contribution in [-0.2, 0) is 19.5 Å². The quantitative estimate of drug-likeness (QED) is 0.355. The molecule has 1 aliphatic heterocycles. The summed E-state index contributed by atoms with van der Waals surface area (Å²) in [6.07, 6.45) is 1.12. The number of nitrogens with one attached hydrogen (secondary N) is 2. The lowest BCUT2D eigenvalue weighted by Gasteiger charge is -2.16. The number of halogens is 1. The predicted octanol–water partition coefficient (Wildman–Crippen LogP) is 3.76. The Morgan fingerprint density at radius 1 is 1.24 bits per heavy atom. The molecule has 0 fully saturated rings. The molecule has 29 heavy (non-hydrogen) atoms. The number of hydrogen-bond donors (Lipinski definition) is 2. The summed E-state index contributed by atoms with van der Waals surface area (Å²) < 4.78 is 11.7. The van der Waals surface area contributed by atoms with Crippen LogP contribution in [0, 0.1) is 11.3 Å². The lowest BCUT2D eigenvalue weighted by molar-refractivity contribution is 0.254. The second-order valence-electron chi connectivity index (χ2n) is 6.72. The highest BCUT2D eigenvalue weighted by atomic mass is 127. The maximum Gasteiger partial charge on any atom is 0.191 e. The smallest absolute Gasteiger partial charge is 0.191 e. The van der Waals surface area contributed by atoms with Crippen molar-refractivity contribution in [1.29, 1.82) is 5.26 Å². The van der Waals surface area contributed by atoms with Crippen LogP contribution in [0.5, 0.6) is 11.5 Å². The van der Waals surface area contributed by atoms with Crippen molar-refractivity contribution in [2.24, 2.45) is 4.99 Å². The first kappa shape index (κ1) is 22.8. The van der Waals surface area contributed by atoms with Crippen LogP contribution in [0.4, 0.5) is 0 Å². The van der Waals surface area contributed by atoms with Crippen molar-refractivity contribution in [3.05, 3.63) is 58.7 Å². The standard InChI is InChI=1S/C22H26N4O2.HI/c1-4-27-20-10-18-9-15(2)28-21(18)11-19(20)14-26-22(24-3)25-13-17-7-5-16(12-23)6-8-17;/h5-8,10-11,15H,4,9,13-14H2,1-3H3,(H2,24,25,26);1H. The third kappa shape index (κ3) is 6.00. The molecule has 6 nitrogen and oxygen atoms in total. The molecule has 0 aliphatic carbocycles. The Kier molecular flexibility index (Phi) is 8.58. The van der Waals surface area contributed by atoms with Gasteiger partial charge >= 0.3 is 0 Å². The predicted molar refractivity (Wildman–Crippen MR) is 125 cm³/mol. The first-order chi connectivity index (χ1) is 13.6. The van der Waals surface area contributed by atoms with Crippen molar-refractivity contribution in [3.8, 4) is 17.6 Å². The Balaban J connectivity index is 0.00000300. The minimum absolute atomic E-state index is 0. The van der Waals surface area contributed by atoms with Gasteiger partial charge < -0.3 is 20.1 Å². The van der Waals surface area contributed by atoms with Gasteiger partial charge in [0.05, 0.1) is 18.2 Å². The van der Waals surface area contributed by atoms with Crippen LogP contribution in [0.15, 0.2) is 41.4 Å². The molecule has 2 N–H and O–H groups in total. The van der Waals surface area contributed by atoms with Gasteiger partial charge in [-0.05, 0) is 43.7 Å². The highest BCUT2D eigenvalue weighted by Crippen LogP contribution is 2.35. The monoisotopic (exact) mass is 506 g/mol. The number of aliphatic imine (C=N–C) groups is 1. The summed E-state index contributed by atoms with van der Waals surface area (Å²) in [6, 6.07) is 13.8. The first-order valence-corrected chi connectivity index (χ1v) is 9.51. The van der Waals surface area contributed by atoms with Crippen LogP contribution >= 0.6 is 24.0 Å². The molecule has 7 heteroatoms. The van der Waals surface area contributed by atoms with E-state index < -0.39 is 0 Å². The maximum absolute atomic E-state index is 8.88. The highest BCUT2D eigenvalue weighted by molar-refractivity contribution is 14.0. The molecule has 2 aromatic rings. The van der Waals surface area contributed by atoms with Gasteiger partial charge in [-0.25, -0.2) is 0 Å². The second-order valence-corrected chi connectivity index (χ2v) is 6.72. The summed E-state index contributed by atoms with van der Waals surface area (Å²) in [7, 11) is 1.74. The first-order valence-electron chi connectivity index (χ1n) is 9.51. The fourth-order valence-electron chi connectivity index (χ4n) is 3.19. The van der Waals surface area contributed by atoms with E-state index >= 15 is 0 Å². The molecule has 1 heterocycles. The Morgan fingerprint density at radius 3 is 2.62 bits per heavy atom. The SMILES string of the molecule is CCOc1cc2c(cc1CNC(=NC)NCc1ccc(C#N)cc1)OC(C)C2.I. The zero-order chi connectivity index (χ0) is 19.9. The number of fused-ring (bicyclic) bond motifs is 1. The number of guanidine groups is 1. The van der Waals surface area contributed by atoms with E-state index in [1.165, 1.54) is 5.56 Å². The molecule has 0 aromatic heterocycles. The van der Waals surface area contributed by atoms with Gasteiger partial charge in [-0.1, -0.05) is 12.1 Å². The van der Waals surface area contributed by atoms with Crippen molar-refractivity contribution < 1.29 is 9.47 Å². The Bertz CT molecular complexity index is 891. The van der Waals surface area contributed by atoms with E-state index in [4.69, 9.17) is 14.7 Å². The molecule has 0 saturated heterocycles. The van der Waals surface area contributed by atoms with E-state index in [0.29, 0.717) is 31.2 Å². The molecule has 0 spiro atoms. The summed E-state index contributed by atoms with van der Waals surface area (Å²) in [5.74, 6) is 2.52. The van der Waals surface area contributed by atoms with Gasteiger partial charge in [0, 0.05) is 37.7 Å². The van der Waals surface area contributed by atoms with Crippen molar-refractivity contribution in [3.63, 3.8) is 0 Å². The largest absolute Gasteiger partial charge is 0.494 e. The molecule has 2 aromatic carbocycles. The van der Waals surface area contributed by atoms with Crippen molar-refractivity contribution in [1.82, 2.24) is 10.6 Å². The molecule has 0 amide bonds. The number of nitriles is 1. The van der Waals surface area contributed by atoms with Crippen LogP contribution in [0.3, 0.4) is 0 Å². The fraction of sp³-hybridized carbons (Fsp3) is 0.364. The van der Waals surface area contributed by atoms with Crippen LogP contribution < -0.4 is 20.1 Å².